The molecule has 9 aromatic carbocycles. The van der Waals surface area contributed by atoms with Crippen molar-refractivity contribution in [3.8, 4) is 0 Å². The minimum Gasteiger partial charge on any atom is -0.450 e. The Balaban J connectivity index is 0.883. The third kappa shape index (κ3) is 21.2. The second-order valence-corrected chi connectivity index (χ2v) is 56.8. The summed E-state index contributed by atoms with van der Waals surface area (Å²) >= 11 is 0. The maximum Gasteiger partial charge on any atom is 0.338 e. The third-order valence-corrected chi connectivity index (χ3v) is 47.1. The first kappa shape index (κ1) is 103. The largest absolute Gasteiger partial charge is 0.450 e. The van der Waals surface area contributed by atoms with E-state index < -0.39 is 239 Å². The second-order valence-electron chi connectivity index (χ2n) is 39.5. The number of carbonyl (C=O) groups is 1. The lowest BCUT2D eigenvalue weighted by atomic mass is 9.95. The minimum absolute atomic E-state index is 0.0461. The first-order valence-corrected chi connectivity index (χ1v) is 54.0. The summed E-state index contributed by atoms with van der Waals surface area (Å²) in [6.07, 6.45) is -43.9. The molecule has 9 aromatic rings. The van der Waals surface area contributed by atoms with Gasteiger partial charge in [0, 0.05) is 21.3 Å². The molecule has 27 nitrogen and oxygen atoms in total. The smallest absolute Gasteiger partial charge is 0.338 e. The van der Waals surface area contributed by atoms with E-state index in [1.165, 1.54) is 33.5 Å². The lowest BCUT2D eigenvalue weighted by Gasteiger charge is -2.51. The van der Waals surface area contributed by atoms with Crippen molar-refractivity contribution in [3.63, 3.8) is 0 Å². The summed E-state index contributed by atoms with van der Waals surface area (Å²) in [6.45, 7) is 22.6. The molecule has 728 valence electrons. The Bertz CT molecular complexity index is 4980. The molecule has 135 heavy (non-hydrogen) atoms. The molecule has 5 saturated heterocycles. The van der Waals surface area contributed by atoms with Crippen LogP contribution in [0.4, 0.5) is 0 Å². The molecule has 0 spiro atoms. The van der Waals surface area contributed by atoms with Crippen LogP contribution in [0, 0.1) is 0 Å². The molecular formula is C104H134O27Si4. The topological polar surface area (TPSA) is 356 Å². The summed E-state index contributed by atoms with van der Waals surface area (Å²) in [4.78, 5) is 14.6. The number of ether oxygens (including phenoxy) is 13. The van der Waals surface area contributed by atoms with E-state index >= 15 is 0 Å². The summed E-state index contributed by atoms with van der Waals surface area (Å²) in [7, 11) is -10.1. The van der Waals surface area contributed by atoms with Crippen LogP contribution in [0.5, 0.6) is 0 Å². The average Bonchev–Trinajstić information content (AvgIpc) is 0.751. The van der Waals surface area contributed by atoms with E-state index in [2.05, 4.69) is 83.1 Å². The molecular weight excluding hydrogens is 1790 g/mol. The molecule has 0 amide bonds. The van der Waals surface area contributed by atoms with Gasteiger partial charge in [0.25, 0.3) is 33.3 Å². The highest BCUT2D eigenvalue weighted by atomic mass is 28.4. The van der Waals surface area contributed by atoms with Crippen molar-refractivity contribution in [2.75, 3.05) is 54.4 Å². The van der Waals surface area contributed by atoms with Crippen molar-refractivity contribution >= 4 is 80.7 Å². The van der Waals surface area contributed by atoms with Crippen molar-refractivity contribution in [2.45, 2.75) is 257 Å². The molecule has 9 N–H and O–H groups in total. The standard InChI is InChI=1S/C104H134O27Si4/c1-101(2,3)132(67-45-27-17-28-46-67,68-47-29-18-30-48-68)119-62-75-80(105)84(109)92(128-95(113)66-43-25-16-26-44-66)100(127-75)131-91-83(108)78(65-122-135(104(10,11)12,73-57-39-23-40-58-73)74-59-41-24-42-60-74)126-99(87(91)112)130-90-82(107)77(64-121-134(103(7,8)9,71-53-35-21-36-54-71)72-55-37-22-38-56-72)125-98(86(90)111)129-89-81(106)76(63-120-133(102(4,5)6,69-49-31-19-32-50-69)70-51-33-20-34-52-70)124-97(85(89)110)118-61-79-88(115-13)93(116-14)94(117-15)96(114)123-79/h16-60,75-94,96-100,105-112,114H,61-65H2,1-15H3/t75-,76+,77+,78+,79+,80-,81+,82+,83-,84-,85+,86+,87-,88-,89+,90-,91+,92-,93+,94+,96-,97+,98+,99+,100-/m0/s1. The first-order chi connectivity index (χ1) is 64.5. The van der Waals surface area contributed by atoms with Crippen molar-refractivity contribution in [1.82, 2.24) is 0 Å². The van der Waals surface area contributed by atoms with E-state index in [4.69, 9.17) is 79.3 Å². The fourth-order valence-electron chi connectivity index (χ4n) is 20.4. The quantitative estimate of drug-likeness (QED) is 0.0159. The van der Waals surface area contributed by atoms with Gasteiger partial charge in [-0.25, -0.2) is 4.79 Å². The van der Waals surface area contributed by atoms with Crippen LogP contribution >= 0.6 is 0 Å². The number of methoxy groups -OCH3 is 3. The molecule has 0 saturated carbocycles. The van der Waals surface area contributed by atoms with Gasteiger partial charge in [0.05, 0.1) is 38.6 Å². The zero-order chi connectivity index (χ0) is 96.6. The Labute approximate surface area is 795 Å². The number of esters is 1. The first-order valence-electron chi connectivity index (χ1n) is 46.3. The normalized spacial score (nSPS) is 29.8. The van der Waals surface area contributed by atoms with E-state index in [0.717, 1.165) is 41.5 Å². The van der Waals surface area contributed by atoms with Crippen molar-refractivity contribution in [1.29, 1.82) is 0 Å². The average molecular weight is 1930 g/mol. The van der Waals surface area contributed by atoms with Crippen LogP contribution in [0.3, 0.4) is 0 Å². The Kier molecular flexibility index (Phi) is 33.6. The number of hydrogen-bond acceptors (Lipinski definition) is 27. The van der Waals surface area contributed by atoms with E-state index in [0.29, 0.717) is 0 Å². The SMILES string of the molecule is CO[C@H]1[C@@H](OC)[C@@H](O)O[C@H](CO[C@@H]2O[C@H](CO[Si](c3ccccc3)(c3ccccc3)C(C)(C)C)[C@@H](O)[C@@H](O[C@H]3O[C@H](CO[Si](c4ccccc4)(c4ccccc4)C(C)(C)C)[C@@H](O)[C@H](O[C@H]4O[C@H](CO[Si](c5ccccc5)(c5ccccc5)C(C)(C)C)[C@H](O)[C@@H](O[C@@H]5O[C@@H](CO[Si](c6ccccc6)(c6ccccc6)C(C)(C)C)[C@H](O)[C@H](O)[C@@H]5OC(=O)c5ccccc5)[C@@H]4O)[C@H]3O)[C@H]2O)[C@@H]1OC. The highest BCUT2D eigenvalue weighted by molar-refractivity contribution is 7.01. The Morgan fingerprint density at radius 1 is 0.259 bits per heavy atom. The molecule has 5 heterocycles. The lowest BCUT2D eigenvalue weighted by Crippen LogP contribution is -2.71. The zero-order valence-corrected chi connectivity index (χ0v) is 83.3. The predicted molar refractivity (Wildman–Crippen MR) is 516 cm³/mol. The molecule has 0 bridgehead atoms. The lowest BCUT2D eigenvalue weighted by molar-refractivity contribution is -0.390. The zero-order valence-electron chi connectivity index (χ0n) is 79.3. The third-order valence-electron chi connectivity index (χ3n) is 27.1. The van der Waals surface area contributed by atoms with E-state index in [1.807, 2.05) is 243 Å². The molecule has 0 radical (unpaired) electrons. The highest BCUT2D eigenvalue weighted by Gasteiger charge is 2.62. The molecule has 0 unspecified atom stereocenters. The second kappa shape index (κ2) is 44.0. The number of aliphatic hydroxyl groups is 9. The molecule has 5 aliphatic heterocycles. The summed E-state index contributed by atoms with van der Waals surface area (Å²) in [5.41, 5.74) is 0.0461. The van der Waals surface area contributed by atoms with E-state index in [9.17, 15) is 50.8 Å². The molecule has 5 aliphatic rings. The van der Waals surface area contributed by atoms with Crippen molar-refractivity contribution < 1.29 is 130 Å². The number of rotatable bonds is 34. The van der Waals surface area contributed by atoms with Gasteiger partial charge in [-0.3, -0.25) is 0 Å². The van der Waals surface area contributed by atoms with Crippen LogP contribution in [-0.2, 0) is 79.3 Å². The van der Waals surface area contributed by atoms with Crippen LogP contribution in [0.2, 0.25) is 20.2 Å². The van der Waals surface area contributed by atoms with Crippen LogP contribution < -0.4 is 41.5 Å². The summed E-state index contributed by atoms with van der Waals surface area (Å²) in [5, 5.41) is 122. The van der Waals surface area contributed by atoms with E-state index in [1.54, 1.807) is 18.2 Å². The monoisotopic (exact) mass is 1930 g/mol. The molecule has 0 aliphatic carbocycles. The van der Waals surface area contributed by atoms with E-state index in [-0.39, 0.29) is 12.2 Å². The molecule has 31 heteroatoms. The van der Waals surface area contributed by atoms with Gasteiger partial charge in [0.1, 0.15) is 116 Å². The summed E-state index contributed by atoms with van der Waals surface area (Å²) in [6, 6.07) is 85.7. The summed E-state index contributed by atoms with van der Waals surface area (Å²) in [5.74, 6) is -0.968. The Morgan fingerprint density at radius 2 is 0.504 bits per heavy atom. The molecule has 14 rings (SSSR count). The van der Waals surface area contributed by atoms with Crippen molar-refractivity contribution in [3.05, 3.63) is 279 Å². The maximum atomic E-state index is 14.6. The Hall–Kier alpha value is -7.68. The fraction of sp³-hybridized carbons (Fsp3) is 0.471. The van der Waals surface area contributed by atoms with Gasteiger partial charge in [-0.2, -0.15) is 0 Å². The van der Waals surface area contributed by atoms with Gasteiger partial charge in [0.2, 0.25) is 0 Å². The molecule has 25 atom stereocenters. The van der Waals surface area contributed by atoms with Crippen LogP contribution in [0.25, 0.3) is 0 Å². The van der Waals surface area contributed by atoms with Gasteiger partial charge in [-0.15, -0.1) is 0 Å². The number of benzene rings is 9. The predicted octanol–water partition coefficient (Wildman–Crippen LogP) is 6.24. The summed E-state index contributed by atoms with van der Waals surface area (Å²) < 4.78 is 115. The minimum atomic E-state index is -3.65. The van der Waals surface area contributed by atoms with Gasteiger partial charge in [-0.1, -0.05) is 344 Å². The van der Waals surface area contributed by atoms with Crippen LogP contribution in [0.15, 0.2) is 273 Å². The number of carbonyl (C=O) groups excluding carboxylic acids is 1. The number of hydrogen-bond donors (Lipinski definition) is 9. The Morgan fingerprint density at radius 3 is 0.778 bits per heavy atom. The fourth-order valence-corrected chi connectivity index (χ4v) is 38.7. The van der Waals surface area contributed by atoms with Gasteiger partial charge >= 0.3 is 5.97 Å². The molecule has 5 fully saturated rings. The van der Waals surface area contributed by atoms with Crippen molar-refractivity contribution in [2.24, 2.45) is 0 Å². The molecule has 0 aromatic heterocycles. The van der Waals surface area contributed by atoms with Gasteiger partial charge in [0.15, 0.2) is 37.6 Å². The highest BCUT2D eigenvalue weighted by Crippen LogP contribution is 2.45. The number of aliphatic hydroxyl groups excluding tert-OH is 9. The van der Waals surface area contributed by atoms with Crippen LogP contribution in [-0.4, -0.2) is 293 Å². The van der Waals surface area contributed by atoms with Gasteiger partial charge < -0.3 is 125 Å². The maximum absolute atomic E-state index is 14.6. The van der Waals surface area contributed by atoms with Gasteiger partial charge in [-0.05, 0) is 73.8 Å². The van der Waals surface area contributed by atoms with Crippen LogP contribution in [0.1, 0.15) is 93.4 Å².